The van der Waals surface area contributed by atoms with Crippen LogP contribution in [0.5, 0.6) is 0 Å². The van der Waals surface area contributed by atoms with Gasteiger partial charge in [0.25, 0.3) is 0 Å². The number of benzene rings is 2. The van der Waals surface area contributed by atoms with Gasteiger partial charge in [-0.1, -0.05) is 47.4 Å². The number of para-hydroxylation sites is 1. The Morgan fingerprint density at radius 3 is 2.61 bits per heavy atom. The Balaban J connectivity index is 1.39. The van der Waals surface area contributed by atoms with E-state index in [0.717, 1.165) is 18.5 Å². The molecule has 162 valence electrons. The molecule has 1 saturated heterocycles. The van der Waals surface area contributed by atoms with Gasteiger partial charge in [0.1, 0.15) is 0 Å². The number of carbonyl (C=O) groups excluding carboxylic acids is 1. The van der Waals surface area contributed by atoms with E-state index in [9.17, 15) is 13.2 Å². The topological polar surface area (TPSA) is 84.3 Å². The fourth-order valence-electron chi connectivity index (χ4n) is 3.19. The molecule has 1 fully saturated rings. The standard InChI is InChI=1S/C20H20N4O3S4/c25-18(14-29-19-22-24(20(28)30-19)16-8-2-1-3-9-16)21-15-7-6-10-17(13-15)31(26,27)23-11-4-5-12-23/h1-3,6-10,13H,4-5,11-12,14H2,(H,21,25). The molecule has 1 N–H and O–H groups in total. The molecule has 1 aromatic heterocycles. The van der Waals surface area contributed by atoms with Gasteiger partial charge >= 0.3 is 0 Å². The number of anilines is 1. The molecule has 7 nitrogen and oxygen atoms in total. The maximum Gasteiger partial charge on any atom is 0.243 e. The lowest BCUT2D eigenvalue weighted by Crippen LogP contribution is -2.28. The molecule has 2 aromatic carbocycles. The number of hydrogen-bond acceptors (Lipinski definition) is 7. The third-order valence-corrected chi connectivity index (χ3v) is 8.94. The molecule has 2 heterocycles. The Hall–Kier alpha value is -2.05. The molecule has 0 saturated carbocycles. The van der Waals surface area contributed by atoms with Crippen LogP contribution in [0.4, 0.5) is 5.69 Å². The molecule has 0 spiro atoms. The first kappa shape index (κ1) is 22.2. The third-order valence-electron chi connectivity index (χ3n) is 4.68. The van der Waals surface area contributed by atoms with Crippen LogP contribution in [0.3, 0.4) is 0 Å². The molecular formula is C20H20N4O3S4. The number of carbonyl (C=O) groups is 1. The predicted molar refractivity (Wildman–Crippen MR) is 126 cm³/mol. The van der Waals surface area contributed by atoms with Crippen LogP contribution in [-0.2, 0) is 14.8 Å². The van der Waals surface area contributed by atoms with Crippen molar-refractivity contribution < 1.29 is 13.2 Å². The Morgan fingerprint density at radius 2 is 1.87 bits per heavy atom. The van der Waals surface area contributed by atoms with Crippen molar-refractivity contribution in [3.63, 3.8) is 0 Å². The van der Waals surface area contributed by atoms with Crippen molar-refractivity contribution in [1.82, 2.24) is 14.1 Å². The molecule has 1 aliphatic rings. The van der Waals surface area contributed by atoms with Crippen LogP contribution in [0.25, 0.3) is 5.69 Å². The summed E-state index contributed by atoms with van der Waals surface area (Å²) in [5, 5.41) is 7.25. The van der Waals surface area contributed by atoms with Gasteiger partial charge in [-0.05, 0) is 55.4 Å². The minimum Gasteiger partial charge on any atom is -0.325 e. The molecule has 31 heavy (non-hydrogen) atoms. The van der Waals surface area contributed by atoms with Crippen molar-refractivity contribution in [3.8, 4) is 5.69 Å². The van der Waals surface area contributed by atoms with E-state index in [1.807, 2.05) is 30.3 Å². The number of rotatable bonds is 7. The van der Waals surface area contributed by atoms with Crippen LogP contribution < -0.4 is 5.32 Å². The van der Waals surface area contributed by atoms with E-state index in [2.05, 4.69) is 10.4 Å². The zero-order valence-corrected chi connectivity index (χ0v) is 19.7. The quantitative estimate of drug-likeness (QED) is 0.394. The molecule has 0 aliphatic carbocycles. The highest BCUT2D eigenvalue weighted by molar-refractivity contribution is 8.01. The van der Waals surface area contributed by atoms with Gasteiger partial charge in [-0.25, -0.2) is 13.1 Å². The first-order valence-electron chi connectivity index (χ1n) is 9.62. The van der Waals surface area contributed by atoms with E-state index in [1.54, 1.807) is 22.9 Å². The molecule has 4 rings (SSSR count). The lowest BCUT2D eigenvalue weighted by Gasteiger charge is -2.16. The summed E-state index contributed by atoms with van der Waals surface area (Å²) in [6.07, 6.45) is 1.75. The predicted octanol–water partition coefficient (Wildman–Crippen LogP) is 4.18. The largest absolute Gasteiger partial charge is 0.325 e. The smallest absolute Gasteiger partial charge is 0.243 e. The van der Waals surface area contributed by atoms with Crippen LogP contribution in [0, 0.1) is 3.95 Å². The van der Waals surface area contributed by atoms with Gasteiger partial charge in [-0.15, -0.1) is 5.10 Å². The third kappa shape index (κ3) is 5.24. The molecule has 1 amide bonds. The number of aromatic nitrogens is 2. The zero-order valence-electron chi connectivity index (χ0n) is 16.4. The van der Waals surface area contributed by atoms with Crippen LogP contribution in [0.1, 0.15) is 12.8 Å². The monoisotopic (exact) mass is 492 g/mol. The lowest BCUT2D eigenvalue weighted by molar-refractivity contribution is -0.113. The van der Waals surface area contributed by atoms with Crippen LogP contribution in [-0.4, -0.2) is 47.3 Å². The highest BCUT2D eigenvalue weighted by atomic mass is 32.2. The molecule has 0 atom stereocenters. The summed E-state index contributed by atoms with van der Waals surface area (Å²) in [4.78, 5) is 12.6. The second-order valence-electron chi connectivity index (χ2n) is 6.86. The first-order chi connectivity index (χ1) is 14.9. The number of thioether (sulfide) groups is 1. The molecule has 1 aliphatic heterocycles. The highest BCUT2D eigenvalue weighted by Crippen LogP contribution is 2.25. The first-order valence-corrected chi connectivity index (χ1v) is 13.3. The molecule has 0 bridgehead atoms. The average Bonchev–Trinajstić information content (AvgIpc) is 3.44. The maximum atomic E-state index is 12.7. The zero-order chi connectivity index (χ0) is 21.8. The van der Waals surface area contributed by atoms with Gasteiger partial charge in [-0.3, -0.25) is 4.79 Å². The fraction of sp³-hybridized carbons (Fsp3) is 0.250. The molecule has 0 radical (unpaired) electrons. The van der Waals surface area contributed by atoms with E-state index in [0.29, 0.717) is 27.1 Å². The molecule has 3 aromatic rings. The minimum atomic E-state index is -3.53. The Kier molecular flexibility index (Phi) is 6.87. The van der Waals surface area contributed by atoms with E-state index in [4.69, 9.17) is 12.2 Å². The summed E-state index contributed by atoms with van der Waals surface area (Å²) in [6, 6.07) is 16.0. The summed E-state index contributed by atoms with van der Waals surface area (Å²) in [5.41, 5.74) is 1.32. The highest BCUT2D eigenvalue weighted by Gasteiger charge is 2.27. The van der Waals surface area contributed by atoms with E-state index in [1.165, 1.54) is 33.5 Å². The second kappa shape index (κ2) is 9.61. The van der Waals surface area contributed by atoms with Crippen LogP contribution in [0.15, 0.2) is 63.8 Å². The normalized spacial score (nSPS) is 14.6. The lowest BCUT2D eigenvalue weighted by atomic mass is 10.3. The van der Waals surface area contributed by atoms with Gasteiger partial charge in [0.05, 0.1) is 16.3 Å². The second-order valence-corrected chi connectivity index (χ2v) is 11.6. The fourth-order valence-corrected chi connectivity index (χ4v) is 6.91. The maximum absolute atomic E-state index is 12.7. The average molecular weight is 493 g/mol. The van der Waals surface area contributed by atoms with Gasteiger partial charge in [-0.2, -0.15) is 4.31 Å². The van der Waals surface area contributed by atoms with Gasteiger partial charge in [0.15, 0.2) is 8.29 Å². The van der Waals surface area contributed by atoms with Crippen LogP contribution in [0.2, 0.25) is 0 Å². The minimum absolute atomic E-state index is 0.139. The van der Waals surface area contributed by atoms with Gasteiger partial charge < -0.3 is 5.32 Å². The molecule has 0 unspecified atom stereocenters. The summed E-state index contributed by atoms with van der Waals surface area (Å²) in [5.74, 6) is -0.103. The Bertz CT molecular complexity index is 1230. The van der Waals surface area contributed by atoms with Crippen molar-refractivity contribution >= 4 is 56.9 Å². The van der Waals surface area contributed by atoms with Crippen molar-refractivity contribution in [2.24, 2.45) is 0 Å². The summed E-state index contributed by atoms with van der Waals surface area (Å²) >= 11 is 8.01. The summed E-state index contributed by atoms with van der Waals surface area (Å²) in [7, 11) is -3.53. The molecule has 11 heteroatoms. The van der Waals surface area contributed by atoms with Crippen LogP contribution >= 0.6 is 35.3 Å². The number of amides is 1. The number of nitrogens with zero attached hydrogens (tertiary/aromatic N) is 3. The van der Waals surface area contributed by atoms with Gasteiger partial charge in [0, 0.05) is 18.8 Å². The summed E-state index contributed by atoms with van der Waals surface area (Å²) < 4.78 is 29.9. The SMILES string of the molecule is O=C(CSc1nn(-c2ccccc2)c(=S)s1)Nc1cccc(S(=O)(=O)N2CCCC2)c1. The Morgan fingerprint density at radius 1 is 1.13 bits per heavy atom. The van der Waals surface area contributed by atoms with Crippen molar-refractivity contribution in [3.05, 3.63) is 58.6 Å². The van der Waals surface area contributed by atoms with Gasteiger partial charge in [0.2, 0.25) is 15.9 Å². The molecular weight excluding hydrogens is 473 g/mol. The van der Waals surface area contributed by atoms with Crippen molar-refractivity contribution in [2.45, 2.75) is 22.1 Å². The van der Waals surface area contributed by atoms with Crippen molar-refractivity contribution in [1.29, 1.82) is 0 Å². The van der Waals surface area contributed by atoms with E-state index >= 15 is 0 Å². The number of hydrogen-bond donors (Lipinski definition) is 1. The van der Waals surface area contributed by atoms with E-state index < -0.39 is 10.0 Å². The van der Waals surface area contributed by atoms with Crippen molar-refractivity contribution in [2.75, 3.05) is 24.2 Å². The number of nitrogens with one attached hydrogen (secondary N) is 1. The van der Waals surface area contributed by atoms with E-state index in [-0.39, 0.29) is 16.6 Å². The Labute approximate surface area is 194 Å². The summed E-state index contributed by atoms with van der Waals surface area (Å²) in [6.45, 7) is 1.08. The number of sulfonamides is 1.